The van der Waals surface area contributed by atoms with E-state index >= 15 is 0 Å². The van der Waals surface area contributed by atoms with E-state index in [4.69, 9.17) is 5.73 Å². The number of benzene rings is 2. The van der Waals surface area contributed by atoms with Crippen molar-refractivity contribution in [3.05, 3.63) is 70.8 Å². The summed E-state index contributed by atoms with van der Waals surface area (Å²) in [7, 11) is 0. The average Bonchev–Trinajstić information content (AvgIpc) is 2.40. The Labute approximate surface area is 108 Å². The van der Waals surface area contributed by atoms with Gasteiger partial charge in [-0.1, -0.05) is 48.5 Å². The van der Waals surface area contributed by atoms with Crippen molar-refractivity contribution in [3.63, 3.8) is 0 Å². The summed E-state index contributed by atoms with van der Waals surface area (Å²) in [6.45, 7) is 3.03. The first-order valence-corrected chi connectivity index (χ1v) is 6.40. The lowest BCUT2D eigenvalue weighted by atomic mass is 9.83. The summed E-state index contributed by atoms with van der Waals surface area (Å²) in [5, 5.41) is 3.49. The van der Waals surface area contributed by atoms with Gasteiger partial charge in [0, 0.05) is 6.54 Å². The fourth-order valence-corrected chi connectivity index (χ4v) is 2.87. The van der Waals surface area contributed by atoms with E-state index in [0.29, 0.717) is 0 Å². The second-order valence-electron chi connectivity index (χ2n) is 4.96. The van der Waals surface area contributed by atoms with Crippen molar-refractivity contribution < 1.29 is 0 Å². The van der Waals surface area contributed by atoms with E-state index in [-0.39, 0.29) is 0 Å². The van der Waals surface area contributed by atoms with Gasteiger partial charge in [-0.25, -0.2) is 0 Å². The van der Waals surface area contributed by atoms with E-state index in [1.807, 2.05) is 0 Å². The Kier molecular flexibility index (Phi) is 2.69. The Morgan fingerprint density at radius 2 is 1.67 bits per heavy atom. The van der Waals surface area contributed by atoms with Crippen LogP contribution < -0.4 is 11.1 Å². The Morgan fingerprint density at radius 1 is 1.00 bits per heavy atom. The Balaban J connectivity index is 2.20. The van der Waals surface area contributed by atoms with Gasteiger partial charge < -0.3 is 5.73 Å². The molecule has 0 aromatic heterocycles. The van der Waals surface area contributed by atoms with Crippen LogP contribution in [0.1, 0.15) is 22.3 Å². The summed E-state index contributed by atoms with van der Waals surface area (Å²) >= 11 is 0. The maximum atomic E-state index is 6.68. The smallest absolute Gasteiger partial charge is 0.119 e. The van der Waals surface area contributed by atoms with Gasteiger partial charge in [0.1, 0.15) is 5.66 Å². The minimum absolute atomic E-state index is 0.555. The van der Waals surface area contributed by atoms with Gasteiger partial charge in [0.15, 0.2) is 0 Å². The topological polar surface area (TPSA) is 38.0 Å². The summed E-state index contributed by atoms with van der Waals surface area (Å²) in [5.74, 6) is 0. The lowest BCUT2D eigenvalue weighted by molar-refractivity contribution is 0.391. The SMILES string of the molecule is Cc1ccccc1C1(N)NCCc2ccccc21. The second-order valence-corrected chi connectivity index (χ2v) is 4.96. The van der Waals surface area contributed by atoms with Gasteiger partial charge in [0.2, 0.25) is 0 Å². The fraction of sp³-hybridized carbons (Fsp3) is 0.250. The van der Waals surface area contributed by atoms with E-state index in [0.717, 1.165) is 18.5 Å². The third kappa shape index (κ3) is 1.65. The highest BCUT2D eigenvalue weighted by atomic mass is 15.1. The molecule has 18 heavy (non-hydrogen) atoms. The van der Waals surface area contributed by atoms with Crippen LogP contribution in [-0.4, -0.2) is 6.54 Å². The highest BCUT2D eigenvalue weighted by Crippen LogP contribution is 2.31. The number of hydrogen-bond donors (Lipinski definition) is 2. The Hall–Kier alpha value is -1.64. The summed E-state index contributed by atoms with van der Waals surface area (Å²) < 4.78 is 0. The predicted octanol–water partition coefficient (Wildman–Crippen LogP) is 2.30. The van der Waals surface area contributed by atoms with E-state index in [1.54, 1.807) is 0 Å². The molecule has 0 amide bonds. The van der Waals surface area contributed by atoms with Gasteiger partial charge in [-0.05, 0) is 35.6 Å². The van der Waals surface area contributed by atoms with E-state index in [2.05, 4.69) is 60.8 Å². The molecule has 0 saturated heterocycles. The molecule has 3 N–H and O–H groups in total. The molecule has 1 heterocycles. The molecular weight excluding hydrogens is 220 g/mol. The molecule has 92 valence electrons. The van der Waals surface area contributed by atoms with Crippen molar-refractivity contribution in [2.24, 2.45) is 5.73 Å². The average molecular weight is 238 g/mol. The number of nitrogens with two attached hydrogens (primary N) is 1. The molecule has 0 bridgehead atoms. The Morgan fingerprint density at radius 3 is 2.44 bits per heavy atom. The molecule has 2 aromatic carbocycles. The Bertz CT molecular complexity index is 577. The lowest BCUT2D eigenvalue weighted by Gasteiger charge is -2.38. The van der Waals surface area contributed by atoms with Gasteiger partial charge >= 0.3 is 0 Å². The van der Waals surface area contributed by atoms with Crippen LogP contribution in [-0.2, 0) is 12.1 Å². The van der Waals surface area contributed by atoms with E-state index < -0.39 is 5.66 Å². The summed E-state index contributed by atoms with van der Waals surface area (Å²) in [6, 6.07) is 16.8. The normalized spacial score (nSPS) is 22.6. The molecule has 1 aliphatic rings. The molecule has 0 saturated carbocycles. The van der Waals surface area contributed by atoms with Gasteiger partial charge in [-0.15, -0.1) is 0 Å². The third-order valence-corrected chi connectivity index (χ3v) is 3.81. The van der Waals surface area contributed by atoms with Gasteiger partial charge in [-0.2, -0.15) is 0 Å². The van der Waals surface area contributed by atoms with Crippen molar-refractivity contribution in [1.29, 1.82) is 0 Å². The number of hydrogen-bond acceptors (Lipinski definition) is 2. The zero-order valence-corrected chi connectivity index (χ0v) is 10.6. The predicted molar refractivity (Wildman–Crippen MR) is 74.3 cm³/mol. The maximum absolute atomic E-state index is 6.68. The third-order valence-electron chi connectivity index (χ3n) is 3.81. The zero-order valence-electron chi connectivity index (χ0n) is 10.6. The molecule has 0 aliphatic carbocycles. The van der Waals surface area contributed by atoms with Crippen LogP contribution in [0, 0.1) is 6.92 Å². The zero-order chi connectivity index (χ0) is 12.6. The number of aryl methyl sites for hydroxylation is 1. The van der Waals surface area contributed by atoms with Crippen LogP contribution in [0.2, 0.25) is 0 Å². The summed E-state index contributed by atoms with van der Waals surface area (Å²) in [5.41, 5.74) is 11.1. The first-order valence-electron chi connectivity index (χ1n) is 6.40. The quantitative estimate of drug-likeness (QED) is 0.800. The number of fused-ring (bicyclic) bond motifs is 1. The maximum Gasteiger partial charge on any atom is 0.119 e. The standard InChI is InChI=1S/C16H18N2/c1-12-6-2-4-8-14(12)16(17)15-9-5-3-7-13(15)10-11-18-16/h2-9,18H,10-11,17H2,1H3. The van der Waals surface area contributed by atoms with E-state index in [1.165, 1.54) is 16.7 Å². The van der Waals surface area contributed by atoms with Crippen LogP contribution in [0.4, 0.5) is 0 Å². The molecule has 2 heteroatoms. The lowest BCUT2D eigenvalue weighted by Crippen LogP contribution is -2.55. The number of nitrogens with one attached hydrogen (secondary N) is 1. The van der Waals surface area contributed by atoms with Crippen molar-refractivity contribution in [2.75, 3.05) is 6.54 Å². The minimum atomic E-state index is -0.555. The monoisotopic (exact) mass is 238 g/mol. The molecule has 2 nitrogen and oxygen atoms in total. The van der Waals surface area contributed by atoms with Crippen LogP contribution in [0.15, 0.2) is 48.5 Å². The highest BCUT2D eigenvalue weighted by molar-refractivity contribution is 5.46. The molecule has 1 aliphatic heterocycles. The van der Waals surface area contributed by atoms with Gasteiger partial charge in [0.25, 0.3) is 0 Å². The largest absolute Gasteiger partial charge is 0.306 e. The van der Waals surface area contributed by atoms with Crippen LogP contribution in [0.5, 0.6) is 0 Å². The second kappa shape index (κ2) is 4.23. The highest BCUT2D eigenvalue weighted by Gasteiger charge is 2.34. The van der Waals surface area contributed by atoms with Gasteiger partial charge in [0.05, 0.1) is 0 Å². The van der Waals surface area contributed by atoms with Crippen molar-refractivity contribution in [1.82, 2.24) is 5.32 Å². The van der Waals surface area contributed by atoms with E-state index in [9.17, 15) is 0 Å². The molecule has 1 atom stereocenters. The van der Waals surface area contributed by atoms with Crippen molar-refractivity contribution >= 4 is 0 Å². The first kappa shape index (κ1) is 11.5. The molecule has 3 rings (SSSR count). The summed E-state index contributed by atoms with van der Waals surface area (Å²) in [6.07, 6.45) is 1.04. The van der Waals surface area contributed by atoms with Crippen LogP contribution in [0.3, 0.4) is 0 Å². The minimum Gasteiger partial charge on any atom is -0.306 e. The van der Waals surface area contributed by atoms with Crippen molar-refractivity contribution in [3.8, 4) is 0 Å². The first-order chi connectivity index (χ1) is 8.72. The molecule has 0 radical (unpaired) electrons. The number of rotatable bonds is 1. The molecular formula is C16H18N2. The molecule has 0 fully saturated rings. The fourth-order valence-electron chi connectivity index (χ4n) is 2.87. The van der Waals surface area contributed by atoms with Crippen molar-refractivity contribution in [2.45, 2.75) is 19.0 Å². The molecule has 2 aromatic rings. The van der Waals surface area contributed by atoms with Gasteiger partial charge in [-0.3, -0.25) is 5.32 Å². The molecule has 1 unspecified atom stereocenters. The van der Waals surface area contributed by atoms with Crippen LogP contribution >= 0.6 is 0 Å². The van der Waals surface area contributed by atoms with Crippen LogP contribution in [0.25, 0.3) is 0 Å². The molecule has 0 spiro atoms. The summed E-state index contributed by atoms with van der Waals surface area (Å²) in [4.78, 5) is 0.